The van der Waals surface area contributed by atoms with Crippen molar-refractivity contribution in [1.82, 2.24) is 9.78 Å². The monoisotopic (exact) mass is 328 g/mol. The first kappa shape index (κ1) is 14.9. The third kappa shape index (κ3) is 2.97. The fourth-order valence-corrected chi connectivity index (χ4v) is 3.00. The number of nitrogens with two attached hydrogens (primary N) is 1. The molecule has 2 aromatic heterocycles. The van der Waals surface area contributed by atoms with Gasteiger partial charge in [0, 0.05) is 5.39 Å². The first-order chi connectivity index (χ1) is 11.1. The van der Waals surface area contributed by atoms with Crippen LogP contribution in [0.4, 0.5) is 5.00 Å². The number of aromatic nitrogens is 2. The maximum Gasteiger partial charge on any atom is 0.251 e. The van der Waals surface area contributed by atoms with Gasteiger partial charge in [0.2, 0.25) is 11.3 Å². The Labute approximate surface area is 134 Å². The molecule has 0 spiro atoms. The van der Waals surface area contributed by atoms with Gasteiger partial charge in [0.05, 0.1) is 17.3 Å². The summed E-state index contributed by atoms with van der Waals surface area (Å²) < 4.78 is 1.43. The average molecular weight is 328 g/mol. The van der Waals surface area contributed by atoms with Crippen molar-refractivity contribution in [2.75, 3.05) is 5.32 Å². The van der Waals surface area contributed by atoms with Crippen LogP contribution in [0.15, 0.2) is 46.7 Å². The average Bonchev–Trinajstić information content (AvgIpc) is 2.98. The summed E-state index contributed by atoms with van der Waals surface area (Å²) in [6.07, 6.45) is 1.18. The second kappa shape index (κ2) is 6.01. The van der Waals surface area contributed by atoms with Crippen LogP contribution in [0, 0.1) is 0 Å². The lowest BCUT2D eigenvalue weighted by atomic mass is 10.2. The van der Waals surface area contributed by atoms with Crippen LogP contribution >= 0.6 is 11.3 Å². The van der Waals surface area contributed by atoms with Gasteiger partial charge in [-0.3, -0.25) is 19.1 Å². The van der Waals surface area contributed by atoms with Gasteiger partial charge >= 0.3 is 0 Å². The van der Waals surface area contributed by atoms with Crippen molar-refractivity contribution in [2.24, 2.45) is 5.73 Å². The smallest absolute Gasteiger partial charge is 0.251 e. The zero-order chi connectivity index (χ0) is 16.4. The highest BCUT2D eigenvalue weighted by molar-refractivity contribution is 7.14. The third-order valence-corrected chi connectivity index (χ3v) is 4.07. The molecule has 0 aliphatic carbocycles. The number of nitrogens with zero attached hydrogens (tertiary/aromatic N) is 2. The van der Waals surface area contributed by atoms with E-state index in [1.54, 1.807) is 35.7 Å². The Kier molecular flexibility index (Phi) is 3.90. The maximum atomic E-state index is 12.2. The van der Waals surface area contributed by atoms with Crippen LogP contribution < -0.4 is 16.5 Å². The topological polar surface area (TPSA) is 107 Å². The molecule has 0 saturated carbocycles. The lowest BCUT2D eigenvalue weighted by molar-refractivity contribution is -0.116. The van der Waals surface area contributed by atoms with Crippen molar-refractivity contribution >= 4 is 39.1 Å². The molecule has 3 N–H and O–H groups in total. The minimum atomic E-state index is -0.603. The molecule has 0 unspecified atom stereocenters. The fourth-order valence-electron chi connectivity index (χ4n) is 2.19. The van der Waals surface area contributed by atoms with E-state index in [0.717, 1.165) is 0 Å². The van der Waals surface area contributed by atoms with Gasteiger partial charge in [-0.15, -0.1) is 11.3 Å². The molecular formula is C15H12N4O3S. The van der Waals surface area contributed by atoms with E-state index in [4.69, 9.17) is 5.73 Å². The van der Waals surface area contributed by atoms with Gasteiger partial charge in [-0.2, -0.15) is 5.10 Å². The number of carbonyl (C=O) groups is 2. The van der Waals surface area contributed by atoms with Crippen LogP contribution in [0.5, 0.6) is 0 Å². The summed E-state index contributed by atoms with van der Waals surface area (Å²) in [6.45, 7) is -0.0864. The number of nitrogens with one attached hydrogen (secondary N) is 1. The number of hydrogen-bond acceptors (Lipinski definition) is 5. The summed E-state index contributed by atoms with van der Waals surface area (Å²) in [5.41, 5.74) is 5.87. The molecule has 3 aromatic rings. The predicted octanol–water partition coefficient (Wildman–Crippen LogP) is 1.20. The molecule has 0 aliphatic rings. The highest BCUT2D eigenvalue weighted by Crippen LogP contribution is 2.22. The Hall–Kier alpha value is -3.00. The minimum Gasteiger partial charge on any atom is -0.366 e. The molecule has 0 saturated heterocycles. The van der Waals surface area contributed by atoms with Crippen molar-refractivity contribution < 1.29 is 9.59 Å². The van der Waals surface area contributed by atoms with E-state index in [1.165, 1.54) is 22.2 Å². The van der Waals surface area contributed by atoms with Gasteiger partial charge in [-0.1, -0.05) is 12.1 Å². The summed E-state index contributed by atoms with van der Waals surface area (Å²) in [4.78, 5) is 35.2. The Balaban J connectivity index is 1.86. The van der Waals surface area contributed by atoms with E-state index >= 15 is 0 Å². The number of anilines is 1. The molecule has 0 atom stereocenters. The van der Waals surface area contributed by atoms with E-state index in [2.05, 4.69) is 10.4 Å². The Morgan fingerprint density at radius 2 is 2.04 bits per heavy atom. The summed E-state index contributed by atoms with van der Waals surface area (Å²) in [6, 6.07) is 8.46. The SMILES string of the molecule is NC(=O)c1ccsc1NC(=O)Cn1ncc(=O)c2ccccc21. The third-order valence-electron chi connectivity index (χ3n) is 3.24. The molecule has 7 nitrogen and oxygen atoms in total. The highest BCUT2D eigenvalue weighted by atomic mass is 32.1. The van der Waals surface area contributed by atoms with Crippen LogP contribution in [0.2, 0.25) is 0 Å². The number of rotatable bonds is 4. The van der Waals surface area contributed by atoms with Crippen molar-refractivity contribution in [3.63, 3.8) is 0 Å². The zero-order valence-electron chi connectivity index (χ0n) is 11.9. The van der Waals surface area contributed by atoms with Gasteiger partial charge < -0.3 is 11.1 Å². The summed E-state index contributed by atoms with van der Waals surface area (Å²) in [5, 5.41) is 9.18. The first-order valence-corrected chi connectivity index (χ1v) is 7.56. The number of hydrogen-bond donors (Lipinski definition) is 2. The zero-order valence-corrected chi connectivity index (χ0v) is 12.7. The Morgan fingerprint density at radius 3 is 2.83 bits per heavy atom. The van der Waals surface area contributed by atoms with Crippen molar-refractivity contribution in [3.05, 3.63) is 57.7 Å². The fraction of sp³-hybridized carbons (Fsp3) is 0.0667. The molecule has 1 aromatic carbocycles. The molecular weight excluding hydrogens is 316 g/mol. The second-order valence-electron chi connectivity index (χ2n) is 4.76. The Bertz CT molecular complexity index is 961. The van der Waals surface area contributed by atoms with Crippen molar-refractivity contribution in [3.8, 4) is 0 Å². The van der Waals surface area contributed by atoms with E-state index in [-0.39, 0.29) is 23.4 Å². The number of carbonyl (C=O) groups excluding carboxylic acids is 2. The molecule has 2 heterocycles. The molecule has 0 bridgehead atoms. The number of primary amides is 1. The van der Waals surface area contributed by atoms with Gasteiger partial charge in [-0.05, 0) is 23.6 Å². The van der Waals surface area contributed by atoms with Crippen LogP contribution in [0.3, 0.4) is 0 Å². The molecule has 116 valence electrons. The quantitative estimate of drug-likeness (QED) is 0.750. The Morgan fingerprint density at radius 1 is 1.26 bits per heavy atom. The number of thiophene rings is 1. The molecule has 0 aliphatic heterocycles. The van der Waals surface area contributed by atoms with E-state index in [0.29, 0.717) is 15.9 Å². The summed E-state index contributed by atoms with van der Waals surface area (Å²) >= 11 is 1.21. The molecule has 2 amide bonds. The number of amides is 2. The van der Waals surface area contributed by atoms with Gasteiger partial charge in [0.1, 0.15) is 11.5 Å². The number of benzene rings is 1. The highest BCUT2D eigenvalue weighted by Gasteiger charge is 2.13. The molecule has 0 fully saturated rings. The van der Waals surface area contributed by atoms with Gasteiger partial charge in [0.25, 0.3) is 5.91 Å². The van der Waals surface area contributed by atoms with E-state index < -0.39 is 5.91 Å². The summed E-state index contributed by atoms with van der Waals surface area (Å²) in [7, 11) is 0. The molecule has 23 heavy (non-hydrogen) atoms. The maximum absolute atomic E-state index is 12.2. The van der Waals surface area contributed by atoms with E-state index in [1.807, 2.05) is 0 Å². The largest absolute Gasteiger partial charge is 0.366 e. The normalized spacial score (nSPS) is 10.6. The lowest BCUT2D eigenvalue weighted by Gasteiger charge is -2.09. The van der Waals surface area contributed by atoms with Gasteiger partial charge in [0.15, 0.2) is 0 Å². The van der Waals surface area contributed by atoms with E-state index in [9.17, 15) is 14.4 Å². The van der Waals surface area contributed by atoms with Gasteiger partial charge in [-0.25, -0.2) is 0 Å². The van der Waals surface area contributed by atoms with Crippen LogP contribution in [0.25, 0.3) is 10.9 Å². The van der Waals surface area contributed by atoms with Crippen molar-refractivity contribution in [1.29, 1.82) is 0 Å². The molecule has 3 rings (SSSR count). The first-order valence-electron chi connectivity index (χ1n) is 6.68. The van der Waals surface area contributed by atoms with Crippen LogP contribution in [-0.2, 0) is 11.3 Å². The molecule has 0 radical (unpaired) electrons. The minimum absolute atomic E-state index is 0.0864. The summed E-state index contributed by atoms with van der Waals surface area (Å²) in [5.74, 6) is -0.968. The number of fused-ring (bicyclic) bond motifs is 1. The standard InChI is InChI=1S/C15H12N4O3S/c16-14(22)10-5-6-23-15(10)18-13(21)8-19-11-4-2-1-3-9(11)12(20)7-17-19/h1-7H,8H2,(H2,16,22)(H,18,21). The number of para-hydroxylation sites is 1. The molecule has 8 heteroatoms. The van der Waals surface area contributed by atoms with Crippen LogP contribution in [0.1, 0.15) is 10.4 Å². The second-order valence-corrected chi connectivity index (χ2v) is 5.68. The lowest BCUT2D eigenvalue weighted by Crippen LogP contribution is -2.23. The predicted molar refractivity (Wildman–Crippen MR) is 87.5 cm³/mol. The van der Waals surface area contributed by atoms with Crippen LogP contribution in [-0.4, -0.2) is 21.6 Å². The van der Waals surface area contributed by atoms with Crippen molar-refractivity contribution in [2.45, 2.75) is 6.54 Å².